The van der Waals surface area contributed by atoms with Crippen LogP contribution < -0.4 is 0 Å². The maximum absolute atomic E-state index is 10.2. The lowest BCUT2D eigenvalue weighted by Gasteiger charge is -1.94. The first-order valence-corrected chi connectivity index (χ1v) is 3.37. The SMILES string of the molecule is O=C(O)C(=CCCCO)C(=O)O. The standard InChI is InChI=1S/C7H10O5/c8-4-2-1-3-5(6(9)10)7(11)12/h3,8H,1-2,4H2,(H,9,10)(H,11,12). The molecule has 0 spiro atoms. The zero-order valence-electron chi connectivity index (χ0n) is 6.36. The zero-order valence-corrected chi connectivity index (χ0v) is 6.36. The molecule has 0 saturated carbocycles. The van der Waals surface area contributed by atoms with Gasteiger partial charge in [-0.3, -0.25) is 0 Å². The lowest BCUT2D eigenvalue weighted by Crippen LogP contribution is -2.11. The van der Waals surface area contributed by atoms with E-state index in [1.807, 2.05) is 0 Å². The minimum absolute atomic E-state index is 0.0803. The van der Waals surface area contributed by atoms with E-state index in [2.05, 4.69) is 0 Å². The number of aliphatic hydroxyl groups is 1. The Bertz CT molecular complexity index is 190. The lowest BCUT2D eigenvalue weighted by atomic mass is 10.2. The van der Waals surface area contributed by atoms with Gasteiger partial charge in [-0.1, -0.05) is 6.08 Å². The van der Waals surface area contributed by atoms with Gasteiger partial charge in [-0.15, -0.1) is 0 Å². The van der Waals surface area contributed by atoms with Crippen LogP contribution in [0.1, 0.15) is 12.8 Å². The number of carboxylic acid groups (broad SMARTS) is 2. The number of aliphatic carboxylic acids is 2. The highest BCUT2D eigenvalue weighted by Crippen LogP contribution is 1.99. The first kappa shape index (κ1) is 10.6. The molecular weight excluding hydrogens is 164 g/mol. The summed E-state index contributed by atoms with van der Waals surface area (Å²) in [6.07, 6.45) is 1.70. The monoisotopic (exact) mass is 174 g/mol. The number of unbranched alkanes of at least 4 members (excludes halogenated alkanes) is 1. The van der Waals surface area contributed by atoms with Gasteiger partial charge in [0.2, 0.25) is 0 Å². The molecule has 0 saturated heterocycles. The fourth-order valence-electron chi connectivity index (χ4n) is 0.604. The minimum Gasteiger partial charge on any atom is -0.477 e. The van der Waals surface area contributed by atoms with Crippen molar-refractivity contribution in [3.05, 3.63) is 11.6 Å². The Labute approximate surface area is 68.9 Å². The number of carboxylic acids is 2. The van der Waals surface area contributed by atoms with Gasteiger partial charge in [0.15, 0.2) is 0 Å². The molecule has 0 aromatic heterocycles. The highest BCUT2D eigenvalue weighted by molar-refractivity contribution is 6.12. The van der Waals surface area contributed by atoms with Crippen LogP contribution >= 0.6 is 0 Å². The topological polar surface area (TPSA) is 94.8 Å². The normalized spacial score (nSPS) is 9.08. The quantitative estimate of drug-likeness (QED) is 0.233. The van der Waals surface area contributed by atoms with Gasteiger partial charge >= 0.3 is 11.9 Å². The van der Waals surface area contributed by atoms with E-state index in [0.29, 0.717) is 6.42 Å². The highest BCUT2D eigenvalue weighted by Gasteiger charge is 2.14. The first-order valence-electron chi connectivity index (χ1n) is 3.37. The molecule has 0 aliphatic heterocycles. The van der Waals surface area contributed by atoms with E-state index < -0.39 is 17.5 Å². The molecule has 0 aliphatic rings. The van der Waals surface area contributed by atoms with Gasteiger partial charge in [-0.05, 0) is 12.8 Å². The molecule has 0 aliphatic carbocycles. The van der Waals surface area contributed by atoms with E-state index in [9.17, 15) is 9.59 Å². The first-order chi connectivity index (χ1) is 5.59. The molecule has 0 unspecified atom stereocenters. The third-order valence-corrected chi connectivity index (χ3v) is 1.17. The van der Waals surface area contributed by atoms with E-state index in [0.717, 1.165) is 6.08 Å². The van der Waals surface area contributed by atoms with Crippen LogP contribution in [0.25, 0.3) is 0 Å². The van der Waals surface area contributed by atoms with E-state index in [-0.39, 0.29) is 13.0 Å². The maximum atomic E-state index is 10.2. The summed E-state index contributed by atoms with van der Waals surface area (Å²) in [6.45, 7) is -0.0803. The molecule has 3 N–H and O–H groups in total. The average molecular weight is 174 g/mol. The van der Waals surface area contributed by atoms with Crippen molar-refractivity contribution >= 4 is 11.9 Å². The average Bonchev–Trinajstić information content (AvgIpc) is 1.96. The van der Waals surface area contributed by atoms with Gasteiger partial charge in [0.25, 0.3) is 0 Å². The summed E-state index contributed by atoms with van der Waals surface area (Å²) in [5.74, 6) is -2.92. The third kappa shape index (κ3) is 3.72. The molecule has 0 fully saturated rings. The molecule has 0 aromatic rings. The van der Waals surface area contributed by atoms with Gasteiger partial charge in [-0.25, -0.2) is 9.59 Å². The second kappa shape index (κ2) is 5.31. The van der Waals surface area contributed by atoms with E-state index in [1.165, 1.54) is 0 Å². The summed E-state index contributed by atoms with van der Waals surface area (Å²) in [7, 11) is 0. The summed E-state index contributed by atoms with van der Waals surface area (Å²) < 4.78 is 0. The van der Waals surface area contributed by atoms with Crippen molar-refractivity contribution in [1.29, 1.82) is 0 Å². The van der Waals surface area contributed by atoms with Crippen LogP contribution in [0, 0.1) is 0 Å². The number of hydrogen-bond acceptors (Lipinski definition) is 3. The summed E-state index contributed by atoms with van der Waals surface area (Å²) >= 11 is 0. The summed E-state index contributed by atoms with van der Waals surface area (Å²) in [6, 6.07) is 0. The lowest BCUT2D eigenvalue weighted by molar-refractivity contribution is -0.140. The van der Waals surface area contributed by atoms with Crippen molar-refractivity contribution in [3.8, 4) is 0 Å². The van der Waals surface area contributed by atoms with E-state index in [1.54, 1.807) is 0 Å². The Kier molecular flexibility index (Phi) is 4.71. The molecule has 0 aromatic carbocycles. The van der Waals surface area contributed by atoms with Crippen LogP contribution in [0.15, 0.2) is 11.6 Å². The number of rotatable bonds is 5. The van der Waals surface area contributed by atoms with Crippen molar-refractivity contribution in [2.75, 3.05) is 6.61 Å². The zero-order chi connectivity index (χ0) is 9.56. The van der Waals surface area contributed by atoms with Crippen molar-refractivity contribution < 1.29 is 24.9 Å². The number of hydrogen-bond donors (Lipinski definition) is 3. The molecule has 12 heavy (non-hydrogen) atoms. The molecular formula is C7H10O5. The van der Waals surface area contributed by atoms with Gasteiger partial charge in [-0.2, -0.15) is 0 Å². The Balaban J connectivity index is 4.20. The Morgan fingerprint density at radius 2 is 1.67 bits per heavy atom. The predicted octanol–water partition coefficient (Wildman–Crippen LogP) is -0.145. The molecule has 0 rings (SSSR count). The molecule has 0 atom stereocenters. The second-order valence-electron chi connectivity index (χ2n) is 2.09. The van der Waals surface area contributed by atoms with Crippen LogP contribution in [-0.2, 0) is 9.59 Å². The van der Waals surface area contributed by atoms with E-state index in [4.69, 9.17) is 15.3 Å². The van der Waals surface area contributed by atoms with Crippen molar-refractivity contribution in [2.45, 2.75) is 12.8 Å². The molecule has 68 valence electrons. The predicted molar refractivity (Wildman–Crippen MR) is 39.7 cm³/mol. The van der Waals surface area contributed by atoms with E-state index >= 15 is 0 Å². The van der Waals surface area contributed by atoms with Gasteiger partial charge in [0.1, 0.15) is 5.57 Å². The van der Waals surface area contributed by atoms with Crippen molar-refractivity contribution in [2.24, 2.45) is 0 Å². The molecule has 0 amide bonds. The van der Waals surface area contributed by atoms with Crippen LogP contribution in [0.5, 0.6) is 0 Å². The summed E-state index contributed by atoms with van der Waals surface area (Å²) in [5.41, 5.74) is -0.650. The van der Waals surface area contributed by atoms with Gasteiger partial charge in [0, 0.05) is 6.61 Å². The van der Waals surface area contributed by atoms with Gasteiger partial charge < -0.3 is 15.3 Å². The number of aliphatic hydroxyl groups excluding tert-OH is 1. The van der Waals surface area contributed by atoms with Crippen LogP contribution in [0.3, 0.4) is 0 Å². The third-order valence-electron chi connectivity index (χ3n) is 1.17. The van der Waals surface area contributed by atoms with Crippen molar-refractivity contribution in [1.82, 2.24) is 0 Å². The molecule has 0 bridgehead atoms. The highest BCUT2D eigenvalue weighted by atomic mass is 16.4. The second-order valence-corrected chi connectivity index (χ2v) is 2.09. The van der Waals surface area contributed by atoms with Gasteiger partial charge in [0.05, 0.1) is 0 Å². The Morgan fingerprint density at radius 1 is 1.17 bits per heavy atom. The fourth-order valence-corrected chi connectivity index (χ4v) is 0.604. The van der Waals surface area contributed by atoms with Crippen molar-refractivity contribution in [3.63, 3.8) is 0 Å². The Morgan fingerprint density at radius 3 is 2.00 bits per heavy atom. The van der Waals surface area contributed by atoms with Crippen LogP contribution in [0.4, 0.5) is 0 Å². The largest absolute Gasteiger partial charge is 0.477 e. The summed E-state index contributed by atoms with van der Waals surface area (Å²) in [4.78, 5) is 20.4. The molecule has 5 nitrogen and oxygen atoms in total. The number of allylic oxidation sites excluding steroid dienone is 1. The molecule has 5 heteroatoms. The van der Waals surface area contributed by atoms with Crippen LogP contribution in [-0.4, -0.2) is 33.9 Å². The molecule has 0 heterocycles. The van der Waals surface area contributed by atoms with Crippen LogP contribution in [0.2, 0.25) is 0 Å². The number of carbonyl (C=O) groups is 2. The summed E-state index contributed by atoms with van der Waals surface area (Å²) in [5, 5.41) is 25.0. The Hall–Kier alpha value is -1.36. The smallest absolute Gasteiger partial charge is 0.342 e. The maximum Gasteiger partial charge on any atom is 0.342 e. The minimum atomic E-state index is -1.46. The molecule has 0 radical (unpaired) electrons. The fraction of sp³-hybridized carbons (Fsp3) is 0.429.